The van der Waals surface area contributed by atoms with E-state index in [4.69, 9.17) is 4.98 Å². The summed E-state index contributed by atoms with van der Waals surface area (Å²) in [5.41, 5.74) is 2.90. The average molecular weight is 760 g/mol. The van der Waals surface area contributed by atoms with E-state index in [9.17, 15) is 28.8 Å². The van der Waals surface area contributed by atoms with Crippen LogP contribution >= 0.6 is 0 Å². The Bertz CT molecular complexity index is 2290. The fraction of sp³-hybridized carbons (Fsp3) is 0.410. The predicted molar refractivity (Wildman–Crippen MR) is 203 cm³/mol. The molecule has 56 heavy (non-hydrogen) atoms. The molecule has 3 aromatic heterocycles. The van der Waals surface area contributed by atoms with Crippen LogP contribution in [-0.4, -0.2) is 110 Å². The Kier molecular flexibility index (Phi) is 8.85. The number of amides is 6. The van der Waals surface area contributed by atoms with E-state index in [0.29, 0.717) is 55.9 Å². The van der Waals surface area contributed by atoms with Gasteiger partial charge in [-0.2, -0.15) is 4.98 Å². The number of hydrogen-bond acceptors (Lipinski definition) is 12. The van der Waals surface area contributed by atoms with Gasteiger partial charge in [0.25, 0.3) is 17.7 Å². The van der Waals surface area contributed by atoms with E-state index in [-0.39, 0.29) is 54.3 Å². The number of piperazine rings is 1. The minimum absolute atomic E-state index is 0.0359. The van der Waals surface area contributed by atoms with Crippen LogP contribution in [0.25, 0.3) is 11.0 Å². The molecule has 1 unspecified atom stereocenters. The summed E-state index contributed by atoms with van der Waals surface area (Å²) in [5.74, 6) is -1.40. The molecule has 1 spiro atoms. The summed E-state index contributed by atoms with van der Waals surface area (Å²) in [5, 5.41) is 12.5. The first-order valence-electron chi connectivity index (χ1n) is 19.2. The van der Waals surface area contributed by atoms with E-state index in [1.807, 2.05) is 23.1 Å². The number of fused-ring (bicyclic) bond motifs is 5. The number of aromatic nitrogens is 4. The van der Waals surface area contributed by atoms with Gasteiger partial charge in [0.05, 0.1) is 28.6 Å². The van der Waals surface area contributed by atoms with Crippen molar-refractivity contribution in [3.63, 3.8) is 0 Å². The molecule has 0 radical (unpaired) electrons. The van der Waals surface area contributed by atoms with Crippen molar-refractivity contribution in [3.8, 4) is 0 Å². The van der Waals surface area contributed by atoms with E-state index in [2.05, 4.69) is 40.7 Å². The Morgan fingerprint density at radius 2 is 1.75 bits per heavy atom. The van der Waals surface area contributed by atoms with E-state index in [1.54, 1.807) is 24.5 Å². The Morgan fingerprint density at radius 1 is 0.929 bits per heavy atom. The van der Waals surface area contributed by atoms with Crippen LogP contribution in [0.2, 0.25) is 0 Å². The maximum atomic E-state index is 13.4. The molecule has 9 rings (SSSR count). The van der Waals surface area contributed by atoms with Crippen LogP contribution in [0.3, 0.4) is 0 Å². The number of pyridine rings is 1. The van der Waals surface area contributed by atoms with Gasteiger partial charge in [0.2, 0.25) is 23.7 Å². The number of hydrogen-bond donors (Lipinski definition) is 4. The lowest BCUT2D eigenvalue weighted by Gasteiger charge is -2.42. The molecule has 1 saturated carbocycles. The van der Waals surface area contributed by atoms with Gasteiger partial charge in [0.1, 0.15) is 23.2 Å². The molecule has 7 heterocycles. The van der Waals surface area contributed by atoms with Gasteiger partial charge in [-0.3, -0.25) is 39.0 Å². The number of imide groups is 2. The number of nitrogens with zero attached hydrogens (tertiary/aromatic N) is 7. The van der Waals surface area contributed by atoms with Crippen LogP contribution in [0, 0.1) is 0 Å². The molecular formula is C39H41N11O6. The first-order chi connectivity index (χ1) is 27.2. The standard InChI is InChI=1S/C39H41N11O6/c51-30-10-8-27(35(54)45-30)49-36(55)25-5-4-6-26(32(25)37(49)56)40-14-11-31(52)48-17-15-47(16-18-48)24-7-9-29(41-21-24)44-38-42-20-23-19-28-34(53)43-22-39(12-2-1-3-13-39)50(28)33(23)46-38/h4-7,9,19-21,27,40H,1-3,8,10-18,22H2,(H,43,53)(H,45,51,54)(H,41,42,44,46). The fourth-order valence-electron chi connectivity index (χ4n) is 8.82. The molecular weight excluding hydrogens is 718 g/mol. The molecule has 1 aliphatic carbocycles. The van der Waals surface area contributed by atoms with Crippen molar-refractivity contribution >= 4 is 69.6 Å². The average Bonchev–Trinajstić information content (AvgIpc) is 3.73. The number of piperidine rings is 1. The summed E-state index contributed by atoms with van der Waals surface area (Å²) in [6.45, 7) is 3.16. The highest BCUT2D eigenvalue weighted by Gasteiger charge is 2.46. The maximum Gasteiger partial charge on any atom is 0.268 e. The van der Waals surface area contributed by atoms with Gasteiger partial charge >= 0.3 is 0 Å². The number of rotatable bonds is 8. The van der Waals surface area contributed by atoms with Crippen molar-refractivity contribution in [2.45, 2.75) is 62.9 Å². The van der Waals surface area contributed by atoms with Gasteiger partial charge < -0.3 is 30.3 Å². The smallest absolute Gasteiger partial charge is 0.268 e. The number of benzene rings is 1. The summed E-state index contributed by atoms with van der Waals surface area (Å²) >= 11 is 0. The predicted octanol–water partition coefficient (Wildman–Crippen LogP) is 2.52. The Balaban J connectivity index is 0.785. The van der Waals surface area contributed by atoms with Crippen LogP contribution < -0.4 is 26.2 Å². The Hall–Kier alpha value is -6.39. The molecule has 1 atom stereocenters. The maximum absolute atomic E-state index is 13.4. The quantitative estimate of drug-likeness (QED) is 0.192. The second-order valence-electron chi connectivity index (χ2n) is 15.1. The largest absolute Gasteiger partial charge is 0.384 e. The van der Waals surface area contributed by atoms with Gasteiger partial charge in [0, 0.05) is 69.4 Å². The lowest BCUT2D eigenvalue weighted by Crippen LogP contribution is -2.54. The summed E-state index contributed by atoms with van der Waals surface area (Å²) in [7, 11) is 0. The highest BCUT2D eigenvalue weighted by molar-refractivity contribution is 6.25. The van der Waals surface area contributed by atoms with Gasteiger partial charge in [-0.05, 0) is 49.6 Å². The number of anilines is 4. The lowest BCUT2D eigenvalue weighted by molar-refractivity contribution is -0.136. The van der Waals surface area contributed by atoms with Gasteiger partial charge in [-0.1, -0.05) is 25.3 Å². The van der Waals surface area contributed by atoms with Crippen LogP contribution in [0.4, 0.5) is 23.1 Å². The van der Waals surface area contributed by atoms with Crippen molar-refractivity contribution in [1.29, 1.82) is 0 Å². The molecule has 4 aromatic rings. The second kappa shape index (κ2) is 14.0. The molecule has 4 N–H and O–H groups in total. The summed E-state index contributed by atoms with van der Waals surface area (Å²) in [6, 6.07) is 9.53. The van der Waals surface area contributed by atoms with Crippen LogP contribution in [0.5, 0.6) is 0 Å². The molecule has 3 fully saturated rings. The Labute approximate surface area is 321 Å². The van der Waals surface area contributed by atoms with Crippen molar-refractivity contribution in [3.05, 3.63) is 65.6 Å². The molecule has 1 aromatic carbocycles. The molecule has 4 aliphatic heterocycles. The van der Waals surface area contributed by atoms with Crippen LogP contribution in [0.15, 0.2) is 48.8 Å². The van der Waals surface area contributed by atoms with Crippen LogP contribution in [-0.2, 0) is 19.9 Å². The van der Waals surface area contributed by atoms with E-state index >= 15 is 0 Å². The van der Waals surface area contributed by atoms with Crippen molar-refractivity contribution in [1.82, 2.24) is 40.0 Å². The molecule has 17 heteroatoms. The summed E-state index contributed by atoms with van der Waals surface area (Å²) in [6.07, 6.45) is 9.27. The van der Waals surface area contributed by atoms with Crippen molar-refractivity contribution < 1.29 is 28.8 Å². The molecule has 6 amide bonds. The van der Waals surface area contributed by atoms with Gasteiger partial charge in [-0.15, -0.1) is 0 Å². The zero-order valence-corrected chi connectivity index (χ0v) is 30.7. The molecule has 5 aliphatic rings. The van der Waals surface area contributed by atoms with E-state index < -0.39 is 29.7 Å². The summed E-state index contributed by atoms with van der Waals surface area (Å²) in [4.78, 5) is 95.5. The minimum Gasteiger partial charge on any atom is -0.384 e. The first-order valence-corrected chi connectivity index (χ1v) is 19.2. The highest BCUT2D eigenvalue weighted by Crippen LogP contribution is 2.40. The Morgan fingerprint density at radius 3 is 2.52 bits per heavy atom. The van der Waals surface area contributed by atoms with Crippen molar-refractivity contribution in [2.75, 3.05) is 54.8 Å². The third kappa shape index (κ3) is 6.16. The lowest BCUT2D eigenvalue weighted by atomic mass is 9.80. The SMILES string of the molecule is O=C1CCC(N2C(=O)c3cccc(NCCC(=O)N4CCN(c5ccc(Nc6ncc7cc8n(c7n6)C6(CCCCC6)CNC8=O)nc5)CC4)c3C2=O)C(=O)N1. The van der Waals surface area contributed by atoms with Crippen molar-refractivity contribution in [2.24, 2.45) is 0 Å². The zero-order chi connectivity index (χ0) is 38.6. The molecule has 17 nitrogen and oxygen atoms in total. The topological polar surface area (TPSA) is 204 Å². The monoisotopic (exact) mass is 759 g/mol. The van der Waals surface area contributed by atoms with Crippen LogP contribution in [0.1, 0.15) is 82.6 Å². The zero-order valence-electron chi connectivity index (χ0n) is 30.7. The third-order valence-corrected chi connectivity index (χ3v) is 11.7. The minimum atomic E-state index is -1.05. The van der Waals surface area contributed by atoms with E-state index in [0.717, 1.165) is 47.3 Å². The molecule has 288 valence electrons. The third-order valence-electron chi connectivity index (χ3n) is 11.7. The van der Waals surface area contributed by atoms with Gasteiger partial charge in [-0.25, -0.2) is 9.97 Å². The number of nitrogens with one attached hydrogen (secondary N) is 4. The highest BCUT2D eigenvalue weighted by atomic mass is 16.2. The fourth-order valence-corrected chi connectivity index (χ4v) is 8.82. The number of carbonyl (C=O) groups excluding carboxylic acids is 6. The molecule has 2 saturated heterocycles. The number of carbonyl (C=O) groups is 6. The summed E-state index contributed by atoms with van der Waals surface area (Å²) < 4.78 is 2.14. The van der Waals surface area contributed by atoms with E-state index in [1.165, 1.54) is 12.5 Å². The molecule has 0 bridgehead atoms. The second-order valence-corrected chi connectivity index (χ2v) is 15.1. The van der Waals surface area contributed by atoms with Gasteiger partial charge in [0.15, 0.2) is 0 Å². The first kappa shape index (κ1) is 35.3. The normalized spacial score (nSPS) is 20.5.